The summed E-state index contributed by atoms with van der Waals surface area (Å²) in [7, 11) is 0. The number of hydrogen-bond acceptors (Lipinski definition) is 5. The number of imidazole rings is 1. The lowest BCUT2D eigenvalue weighted by Crippen LogP contribution is -2.17. The molecule has 1 aromatic heterocycles. The molecule has 0 bridgehead atoms. The largest absolute Gasteiger partial charge is 0.506 e. The fraction of sp³-hybridized carbons (Fsp3) is 0.222. The number of nitrogens with two attached hydrogens (primary N) is 1. The molecule has 6 heteroatoms. The van der Waals surface area contributed by atoms with Crippen molar-refractivity contribution < 1.29 is 10.2 Å². The molecule has 0 saturated carbocycles. The number of aromatic nitrogens is 2. The first kappa shape index (κ1) is 9.60. The Morgan fingerprint density at radius 1 is 1.47 bits per heavy atom. The molecule has 0 radical (unpaired) electrons. The summed E-state index contributed by atoms with van der Waals surface area (Å²) in [6.45, 7) is 0.442. The first-order valence-corrected chi connectivity index (χ1v) is 4.52. The van der Waals surface area contributed by atoms with Gasteiger partial charge in [0.05, 0.1) is 29.9 Å². The number of nitrogens with one attached hydrogen (secondary N) is 1. The van der Waals surface area contributed by atoms with Crippen molar-refractivity contribution in [3.05, 3.63) is 18.5 Å². The highest BCUT2D eigenvalue weighted by Gasteiger charge is 2.05. The van der Waals surface area contributed by atoms with Gasteiger partial charge in [-0.25, -0.2) is 9.66 Å². The summed E-state index contributed by atoms with van der Waals surface area (Å²) >= 11 is 0. The van der Waals surface area contributed by atoms with Gasteiger partial charge in [0.15, 0.2) is 0 Å². The highest BCUT2D eigenvalue weighted by molar-refractivity contribution is 5.82. The minimum absolute atomic E-state index is 0.0232. The lowest BCUT2D eigenvalue weighted by atomic mass is 10.2. The second-order valence-electron chi connectivity index (χ2n) is 3.15. The number of nitrogen functional groups attached to an aromatic ring is 1. The molecule has 5 N–H and O–H groups in total. The molecule has 0 saturated heterocycles. The minimum atomic E-state index is 0.0232. The molecule has 2 aromatic rings. The van der Waals surface area contributed by atoms with Crippen LogP contribution in [0.3, 0.4) is 0 Å². The van der Waals surface area contributed by atoms with Gasteiger partial charge in [-0.3, -0.25) is 0 Å². The second kappa shape index (κ2) is 3.66. The van der Waals surface area contributed by atoms with E-state index in [0.717, 1.165) is 5.52 Å². The van der Waals surface area contributed by atoms with Crippen molar-refractivity contribution in [1.29, 1.82) is 0 Å². The number of nitrogens with zero attached hydrogens (tertiary/aromatic N) is 2. The van der Waals surface area contributed by atoms with Crippen LogP contribution in [0.5, 0.6) is 5.75 Å². The molecule has 0 aliphatic carbocycles. The van der Waals surface area contributed by atoms with Gasteiger partial charge >= 0.3 is 0 Å². The summed E-state index contributed by atoms with van der Waals surface area (Å²) < 4.78 is 1.63. The third-order valence-corrected chi connectivity index (χ3v) is 2.09. The van der Waals surface area contributed by atoms with Crippen molar-refractivity contribution in [3.63, 3.8) is 0 Å². The third-order valence-electron chi connectivity index (χ3n) is 2.09. The van der Waals surface area contributed by atoms with Crippen LogP contribution in [0.15, 0.2) is 18.5 Å². The maximum absolute atomic E-state index is 9.44. The van der Waals surface area contributed by atoms with Crippen molar-refractivity contribution in [2.24, 2.45) is 0 Å². The van der Waals surface area contributed by atoms with Crippen LogP contribution >= 0.6 is 0 Å². The van der Waals surface area contributed by atoms with E-state index in [0.29, 0.717) is 17.7 Å². The van der Waals surface area contributed by atoms with E-state index in [2.05, 4.69) is 10.4 Å². The first-order valence-electron chi connectivity index (χ1n) is 4.52. The molecule has 0 aliphatic heterocycles. The Labute approximate surface area is 85.9 Å². The molecule has 1 heterocycles. The SMILES string of the molecule is Nc1cc2ncn(NCCO)c2cc1O. The van der Waals surface area contributed by atoms with E-state index in [1.54, 1.807) is 17.1 Å². The number of rotatable bonds is 3. The lowest BCUT2D eigenvalue weighted by molar-refractivity contribution is 0.307. The molecule has 1 aromatic carbocycles. The molecular weight excluding hydrogens is 196 g/mol. The van der Waals surface area contributed by atoms with Gasteiger partial charge in [-0.15, -0.1) is 0 Å². The number of aliphatic hydroxyl groups excluding tert-OH is 1. The number of fused-ring (bicyclic) bond motifs is 1. The summed E-state index contributed by atoms with van der Waals surface area (Å²) in [5, 5.41) is 18.1. The van der Waals surface area contributed by atoms with Crippen LogP contribution in [-0.4, -0.2) is 33.0 Å². The third kappa shape index (κ3) is 1.66. The van der Waals surface area contributed by atoms with Crippen molar-refractivity contribution in [2.45, 2.75) is 0 Å². The van der Waals surface area contributed by atoms with Crippen molar-refractivity contribution in [3.8, 4) is 5.75 Å². The van der Waals surface area contributed by atoms with Crippen molar-refractivity contribution >= 4 is 16.7 Å². The Kier molecular flexibility index (Phi) is 2.34. The maximum Gasteiger partial charge on any atom is 0.140 e. The molecule has 80 valence electrons. The van der Waals surface area contributed by atoms with Gasteiger partial charge in [-0.2, -0.15) is 0 Å². The number of anilines is 1. The quantitative estimate of drug-likeness (QED) is 0.416. The zero-order chi connectivity index (χ0) is 10.8. The van der Waals surface area contributed by atoms with Crippen LogP contribution in [0.2, 0.25) is 0 Å². The lowest BCUT2D eigenvalue weighted by Gasteiger charge is -2.06. The van der Waals surface area contributed by atoms with Gasteiger partial charge in [-0.05, 0) is 6.07 Å². The number of aromatic hydroxyl groups is 1. The van der Waals surface area contributed by atoms with Crippen LogP contribution < -0.4 is 11.2 Å². The molecule has 2 rings (SSSR count). The van der Waals surface area contributed by atoms with Crippen LogP contribution in [0.1, 0.15) is 0 Å². The normalized spacial score (nSPS) is 10.7. The maximum atomic E-state index is 9.44. The molecule has 0 unspecified atom stereocenters. The van der Waals surface area contributed by atoms with E-state index in [1.807, 2.05) is 0 Å². The highest BCUT2D eigenvalue weighted by atomic mass is 16.3. The standard InChI is InChI=1S/C9H12N4O2/c10-6-3-7-8(4-9(6)15)13(5-11-7)12-1-2-14/h3-5,12,14-15H,1-2,10H2. The summed E-state index contributed by atoms with van der Waals surface area (Å²) in [4.78, 5) is 4.10. The number of phenolic OH excluding ortho intramolecular Hbond substituents is 1. The average molecular weight is 208 g/mol. The van der Waals surface area contributed by atoms with Crippen LogP contribution in [0.25, 0.3) is 11.0 Å². The molecule has 15 heavy (non-hydrogen) atoms. The second-order valence-corrected chi connectivity index (χ2v) is 3.15. The molecule has 0 atom stereocenters. The Morgan fingerprint density at radius 3 is 3.00 bits per heavy atom. The molecule has 0 amide bonds. The van der Waals surface area contributed by atoms with Crippen LogP contribution in [-0.2, 0) is 0 Å². The number of hydrogen-bond donors (Lipinski definition) is 4. The Bertz CT molecular complexity index is 480. The monoisotopic (exact) mass is 208 g/mol. The number of benzene rings is 1. The van der Waals surface area contributed by atoms with E-state index in [4.69, 9.17) is 10.8 Å². The number of aliphatic hydroxyl groups is 1. The summed E-state index contributed by atoms with van der Waals surface area (Å²) in [5.74, 6) is 0.0232. The van der Waals surface area contributed by atoms with Crippen LogP contribution in [0.4, 0.5) is 5.69 Å². The molecule has 0 aliphatic rings. The predicted molar refractivity (Wildman–Crippen MR) is 57.1 cm³/mol. The average Bonchev–Trinajstić information content (AvgIpc) is 2.59. The summed E-state index contributed by atoms with van der Waals surface area (Å²) in [6, 6.07) is 3.13. The smallest absolute Gasteiger partial charge is 0.140 e. The molecule has 0 fully saturated rings. The summed E-state index contributed by atoms with van der Waals surface area (Å²) in [6.07, 6.45) is 1.57. The van der Waals surface area contributed by atoms with Gasteiger partial charge < -0.3 is 21.4 Å². The molecule has 0 spiro atoms. The van der Waals surface area contributed by atoms with Crippen LogP contribution in [0, 0.1) is 0 Å². The number of phenols is 1. The Morgan fingerprint density at radius 2 is 2.27 bits per heavy atom. The zero-order valence-electron chi connectivity index (χ0n) is 8.01. The van der Waals surface area contributed by atoms with Gasteiger partial charge in [0.25, 0.3) is 0 Å². The molecular formula is C9H12N4O2. The fourth-order valence-electron chi connectivity index (χ4n) is 1.36. The van der Waals surface area contributed by atoms with Gasteiger partial charge in [-0.1, -0.05) is 0 Å². The highest BCUT2D eigenvalue weighted by Crippen LogP contribution is 2.25. The van der Waals surface area contributed by atoms with E-state index in [1.165, 1.54) is 6.07 Å². The Hall–Kier alpha value is -1.95. The van der Waals surface area contributed by atoms with Crippen molar-refractivity contribution in [1.82, 2.24) is 9.66 Å². The summed E-state index contributed by atoms with van der Waals surface area (Å²) in [5.41, 5.74) is 10.2. The van der Waals surface area contributed by atoms with Gasteiger partial charge in [0.1, 0.15) is 12.1 Å². The van der Waals surface area contributed by atoms with Gasteiger partial charge in [0.2, 0.25) is 0 Å². The minimum Gasteiger partial charge on any atom is -0.506 e. The Balaban J connectivity index is 2.45. The zero-order valence-corrected chi connectivity index (χ0v) is 8.01. The predicted octanol–water partition coefficient (Wildman–Crippen LogP) is -0.140. The van der Waals surface area contributed by atoms with E-state index in [9.17, 15) is 5.11 Å². The topological polar surface area (TPSA) is 96.3 Å². The van der Waals surface area contributed by atoms with E-state index < -0.39 is 0 Å². The fourth-order valence-corrected chi connectivity index (χ4v) is 1.36. The first-order chi connectivity index (χ1) is 7.22. The molecule has 6 nitrogen and oxygen atoms in total. The van der Waals surface area contributed by atoms with E-state index in [-0.39, 0.29) is 12.4 Å². The van der Waals surface area contributed by atoms with Gasteiger partial charge in [0, 0.05) is 6.07 Å². The van der Waals surface area contributed by atoms with E-state index >= 15 is 0 Å². The van der Waals surface area contributed by atoms with Crippen molar-refractivity contribution in [2.75, 3.05) is 24.3 Å².